The van der Waals surface area contributed by atoms with Gasteiger partial charge in [-0.2, -0.15) is 0 Å². The predicted octanol–water partition coefficient (Wildman–Crippen LogP) is 6.20. The van der Waals surface area contributed by atoms with Crippen LogP contribution >= 0.6 is 0 Å². The molecule has 0 aliphatic carbocycles. The molecule has 0 aliphatic heterocycles. The molecule has 1 unspecified atom stereocenters. The summed E-state index contributed by atoms with van der Waals surface area (Å²) in [6, 6.07) is 16.7. The lowest BCUT2D eigenvalue weighted by atomic mass is 9.95. The van der Waals surface area contributed by atoms with E-state index >= 15 is 0 Å². The van der Waals surface area contributed by atoms with Crippen LogP contribution in [0.3, 0.4) is 0 Å². The van der Waals surface area contributed by atoms with Crippen molar-refractivity contribution in [3.63, 3.8) is 0 Å². The lowest BCUT2D eigenvalue weighted by molar-refractivity contribution is 0.0931. The van der Waals surface area contributed by atoms with Gasteiger partial charge >= 0.3 is 0 Å². The molecule has 3 nitrogen and oxygen atoms in total. The maximum atomic E-state index is 14.3. The zero-order valence-corrected chi connectivity index (χ0v) is 17.4. The molecule has 0 aliphatic rings. The van der Waals surface area contributed by atoms with Crippen molar-refractivity contribution >= 4 is 5.91 Å². The molecule has 3 aromatic rings. The molecule has 6 heteroatoms. The minimum absolute atomic E-state index is 0.0792. The van der Waals surface area contributed by atoms with E-state index in [9.17, 15) is 18.0 Å². The molecule has 0 fully saturated rings. The Bertz CT molecular complexity index is 1040. The van der Waals surface area contributed by atoms with Crippen LogP contribution in [0.25, 0.3) is 0 Å². The fourth-order valence-electron chi connectivity index (χ4n) is 3.27. The number of rotatable bonds is 8. The smallest absolute Gasteiger partial charge is 0.251 e. The SMILES string of the molecule is CC(C)CC(NC(=O)c1cccc(COc2ccccc2)c1)c1cc(F)c(F)cc1F. The quantitative estimate of drug-likeness (QED) is 0.435. The standard InChI is InChI=1S/C25H24F3NO2/c1-16(2)11-24(20-13-22(27)23(28)14-21(20)26)29-25(30)18-8-6-7-17(12-18)15-31-19-9-4-3-5-10-19/h3-10,12-14,16,24H,11,15H2,1-2H3,(H,29,30). The Labute approximate surface area is 179 Å². The van der Waals surface area contributed by atoms with Crippen LogP contribution in [0.1, 0.15) is 47.8 Å². The van der Waals surface area contributed by atoms with Gasteiger partial charge in [0.25, 0.3) is 5.91 Å². The third-order valence-corrected chi connectivity index (χ3v) is 4.77. The van der Waals surface area contributed by atoms with Crippen LogP contribution in [0, 0.1) is 23.4 Å². The molecule has 1 N–H and O–H groups in total. The van der Waals surface area contributed by atoms with E-state index in [0.717, 1.165) is 11.6 Å². The highest BCUT2D eigenvalue weighted by Gasteiger charge is 2.22. The van der Waals surface area contributed by atoms with Gasteiger partial charge in [-0.15, -0.1) is 0 Å². The van der Waals surface area contributed by atoms with E-state index in [-0.39, 0.29) is 18.1 Å². The molecule has 1 atom stereocenters. The number of nitrogens with one attached hydrogen (secondary N) is 1. The Hall–Kier alpha value is -3.28. The van der Waals surface area contributed by atoms with Gasteiger partial charge in [0.1, 0.15) is 18.2 Å². The summed E-state index contributed by atoms with van der Waals surface area (Å²) in [6.07, 6.45) is 0.366. The summed E-state index contributed by atoms with van der Waals surface area (Å²) in [5.74, 6) is -2.95. The molecule has 0 spiro atoms. The van der Waals surface area contributed by atoms with Crippen LogP contribution in [-0.4, -0.2) is 5.91 Å². The minimum atomic E-state index is -1.26. The zero-order chi connectivity index (χ0) is 22.4. The molecule has 1 amide bonds. The van der Waals surface area contributed by atoms with Crippen molar-refractivity contribution < 1.29 is 22.7 Å². The van der Waals surface area contributed by atoms with E-state index in [1.54, 1.807) is 18.2 Å². The van der Waals surface area contributed by atoms with Gasteiger partial charge in [0.15, 0.2) is 11.6 Å². The average molecular weight is 427 g/mol. The molecule has 3 aromatic carbocycles. The zero-order valence-electron chi connectivity index (χ0n) is 17.4. The summed E-state index contributed by atoms with van der Waals surface area (Å²) in [5, 5.41) is 2.76. The summed E-state index contributed by atoms with van der Waals surface area (Å²) in [4.78, 5) is 12.9. The van der Waals surface area contributed by atoms with Crippen LogP contribution in [-0.2, 0) is 6.61 Å². The third kappa shape index (κ3) is 6.10. The second kappa shape index (κ2) is 10.2. The third-order valence-electron chi connectivity index (χ3n) is 4.77. The first kappa shape index (κ1) is 22.4. The second-order valence-electron chi connectivity index (χ2n) is 7.75. The molecule has 31 heavy (non-hydrogen) atoms. The number of carbonyl (C=O) groups is 1. The lowest BCUT2D eigenvalue weighted by Crippen LogP contribution is -2.30. The summed E-state index contributed by atoms with van der Waals surface area (Å²) in [7, 11) is 0. The van der Waals surface area contributed by atoms with Gasteiger partial charge < -0.3 is 10.1 Å². The minimum Gasteiger partial charge on any atom is -0.489 e. The summed E-state index contributed by atoms with van der Waals surface area (Å²) < 4.78 is 47.1. The highest BCUT2D eigenvalue weighted by molar-refractivity contribution is 5.94. The van der Waals surface area contributed by atoms with Gasteiger partial charge in [-0.25, -0.2) is 13.2 Å². The first-order valence-corrected chi connectivity index (χ1v) is 10.1. The molecule has 162 valence electrons. The normalized spacial score (nSPS) is 11.9. The van der Waals surface area contributed by atoms with Gasteiger partial charge in [-0.1, -0.05) is 44.2 Å². The first-order chi connectivity index (χ1) is 14.8. The Morgan fingerprint density at radius 2 is 1.61 bits per heavy atom. The van der Waals surface area contributed by atoms with Crippen LogP contribution in [0.15, 0.2) is 66.7 Å². The number of carbonyl (C=O) groups excluding carboxylic acids is 1. The molecule has 0 heterocycles. The van der Waals surface area contributed by atoms with Gasteiger partial charge in [0, 0.05) is 17.2 Å². The van der Waals surface area contributed by atoms with E-state index < -0.39 is 29.4 Å². The van der Waals surface area contributed by atoms with Crippen LogP contribution < -0.4 is 10.1 Å². The fourth-order valence-corrected chi connectivity index (χ4v) is 3.27. The van der Waals surface area contributed by atoms with Crippen molar-refractivity contribution in [2.24, 2.45) is 5.92 Å². The van der Waals surface area contributed by atoms with Crippen LogP contribution in [0.2, 0.25) is 0 Å². The van der Waals surface area contributed by atoms with Crippen molar-refractivity contribution in [2.45, 2.75) is 32.9 Å². The van der Waals surface area contributed by atoms with Crippen LogP contribution in [0.4, 0.5) is 13.2 Å². The molecular weight excluding hydrogens is 403 g/mol. The highest BCUT2D eigenvalue weighted by Crippen LogP contribution is 2.26. The maximum Gasteiger partial charge on any atom is 0.251 e. The Balaban J connectivity index is 1.76. The fraction of sp³-hybridized carbons (Fsp3) is 0.240. The van der Waals surface area contributed by atoms with E-state index in [0.29, 0.717) is 23.8 Å². The molecule has 0 saturated carbocycles. The Morgan fingerprint density at radius 1 is 0.903 bits per heavy atom. The van der Waals surface area contributed by atoms with Gasteiger partial charge in [-0.05, 0) is 48.2 Å². The summed E-state index contributed by atoms with van der Waals surface area (Å²) >= 11 is 0. The number of ether oxygens (including phenoxy) is 1. The molecular formula is C25H24F3NO2. The lowest BCUT2D eigenvalue weighted by Gasteiger charge is -2.22. The molecule has 0 bridgehead atoms. The van der Waals surface area contributed by atoms with E-state index in [1.807, 2.05) is 50.2 Å². The number of hydrogen-bond donors (Lipinski definition) is 1. The first-order valence-electron chi connectivity index (χ1n) is 10.1. The molecule has 3 rings (SSSR count). The van der Waals surface area contributed by atoms with E-state index in [2.05, 4.69) is 5.32 Å². The number of halogens is 3. The predicted molar refractivity (Wildman–Crippen MR) is 113 cm³/mol. The van der Waals surface area contributed by atoms with Crippen molar-refractivity contribution in [3.8, 4) is 5.75 Å². The van der Waals surface area contributed by atoms with Gasteiger partial charge in [-0.3, -0.25) is 4.79 Å². The van der Waals surface area contributed by atoms with Gasteiger partial charge in [0.2, 0.25) is 0 Å². The monoisotopic (exact) mass is 427 g/mol. The second-order valence-corrected chi connectivity index (χ2v) is 7.75. The molecule has 0 saturated heterocycles. The van der Waals surface area contributed by atoms with Crippen molar-refractivity contribution in [1.29, 1.82) is 0 Å². The molecule has 0 aromatic heterocycles. The van der Waals surface area contributed by atoms with Crippen molar-refractivity contribution in [1.82, 2.24) is 5.32 Å². The highest BCUT2D eigenvalue weighted by atomic mass is 19.2. The number of para-hydroxylation sites is 1. The van der Waals surface area contributed by atoms with Crippen molar-refractivity contribution in [2.75, 3.05) is 0 Å². The summed E-state index contributed by atoms with van der Waals surface area (Å²) in [6.45, 7) is 4.08. The topological polar surface area (TPSA) is 38.3 Å². The number of benzene rings is 3. The molecule has 0 radical (unpaired) electrons. The Kier molecular flexibility index (Phi) is 7.34. The van der Waals surface area contributed by atoms with E-state index in [4.69, 9.17) is 4.74 Å². The van der Waals surface area contributed by atoms with E-state index in [1.165, 1.54) is 0 Å². The number of amides is 1. The van der Waals surface area contributed by atoms with Crippen LogP contribution in [0.5, 0.6) is 5.75 Å². The van der Waals surface area contributed by atoms with Crippen molar-refractivity contribution in [3.05, 3.63) is 101 Å². The Morgan fingerprint density at radius 3 is 2.32 bits per heavy atom. The summed E-state index contributed by atoms with van der Waals surface area (Å²) in [5.41, 5.74) is 1.08. The maximum absolute atomic E-state index is 14.3. The largest absolute Gasteiger partial charge is 0.489 e. The number of hydrogen-bond acceptors (Lipinski definition) is 2. The van der Waals surface area contributed by atoms with Gasteiger partial charge in [0.05, 0.1) is 6.04 Å². The average Bonchev–Trinajstić information content (AvgIpc) is 2.75.